The molecule has 4 N–H and O–H groups in total. The third kappa shape index (κ3) is 4.42. The average molecular weight is 431 g/mol. The Balaban J connectivity index is 1.52. The van der Waals surface area contributed by atoms with Crippen molar-refractivity contribution in [2.45, 2.75) is 18.9 Å². The number of carbonyl (C=O) groups is 2. The van der Waals surface area contributed by atoms with Crippen molar-refractivity contribution in [1.82, 2.24) is 5.32 Å². The van der Waals surface area contributed by atoms with Crippen LogP contribution in [0.1, 0.15) is 18.4 Å². The molecule has 1 aliphatic rings. The smallest absolute Gasteiger partial charge is 0.306 e. The van der Waals surface area contributed by atoms with E-state index in [1.54, 1.807) is 0 Å². The lowest BCUT2D eigenvalue weighted by Gasteiger charge is -2.16. The fourth-order valence-corrected chi connectivity index (χ4v) is 4.07. The van der Waals surface area contributed by atoms with Crippen molar-refractivity contribution in [1.29, 1.82) is 5.41 Å². The summed E-state index contributed by atoms with van der Waals surface area (Å²) >= 11 is 0. The number of methoxy groups -OCH3 is 1. The number of amides is 1. The first-order valence-electron chi connectivity index (χ1n) is 10.4. The molecule has 0 unspecified atom stereocenters. The van der Waals surface area contributed by atoms with Crippen molar-refractivity contribution >= 4 is 28.5 Å². The van der Waals surface area contributed by atoms with Crippen LogP contribution in [0.5, 0.6) is 5.75 Å². The van der Waals surface area contributed by atoms with Crippen molar-refractivity contribution in [2.24, 2.45) is 11.7 Å². The maximum atomic E-state index is 12.1. The minimum absolute atomic E-state index is 0.0398. The van der Waals surface area contributed by atoms with Crippen LogP contribution in [0.15, 0.2) is 60.7 Å². The molecule has 3 aromatic carbocycles. The number of nitrogens with two attached hydrogens (primary N) is 1. The van der Waals surface area contributed by atoms with Crippen LogP contribution in [0.3, 0.4) is 0 Å². The summed E-state index contributed by atoms with van der Waals surface area (Å²) in [6.07, 6.45) is 0.616. The quantitative estimate of drug-likeness (QED) is 0.302. The molecule has 0 bridgehead atoms. The molecule has 32 heavy (non-hydrogen) atoms. The van der Waals surface area contributed by atoms with Gasteiger partial charge in [0.05, 0.1) is 25.5 Å². The van der Waals surface area contributed by atoms with Gasteiger partial charge >= 0.3 is 5.97 Å². The van der Waals surface area contributed by atoms with Crippen LogP contribution in [0.25, 0.3) is 21.9 Å². The molecule has 1 heterocycles. The number of hydrogen-bond acceptors (Lipinski definition) is 5. The SMILES string of the molecule is COC(=O)C[C@@H]1C[C@@H](COc2ccc(-c3ccc(C(=N)N)cc3)c3ccccc23)NC1=O. The number of esters is 1. The zero-order valence-electron chi connectivity index (χ0n) is 17.8. The number of ether oxygens (including phenoxy) is 2. The lowest BCUT2D eigenvalue weighted by atomic mass is 9.97. The predicted octanol–water partition coefficient (Wildman–Crippen LogP) is 3.24. The minimum atomic E-state index is -0.385. The van der Waals surface area contributed by atoms with E-state index in [4.69, 9.17) is 15.9 Å². The van der Waals surface area contributed by atoms with E-state index in [1.807, 2.05) is 60.7 Å². The minimum Gasteiger partial charge on any atom is -0.491 e. The Morgan fingerprint density at radius 3 is 2.50 bits per heavy atom. The molecule has 0 aliphatic carbocycles. The number of hydrogen-bond donors (Lipinski definition) is 3. The lowest BCUT2D eigenvalue weighted by molar-refractivity contribution is -0.143. The second-order valence-corrected chi connectivity index (χ2v) is 7.88. The predicted molar refractivity (Wildman–Crippen MR) is 123 cm³/mol. The summed E-state index contributed by atoms with van der Waals surface area (Å²) in [4.78, 5) is 23.6. The first-order chi connectivity index (χ1) is 15.5. The molecule has 0 radical (unpaired) electrons. The largest absolute Gasteiger partial charge is 0.491 e. The van der Waals surface area contributed by atoms with Crippen molar-refractivity contribution < 1.29 is 19.1 Å². The molecule has 3 aromatic rings. The van der Waals surface area contributed by atoms with E-state index < -0.39 is 0 Å². The summed E-state index contributed by atoms with van der Waals surface area (Å²) in [6, 6.07) is 19.3. The number of nitrogen functional groups attached to an aromatic ring is 1. The van der Waals surface area contributed by atoms with Crippen LogP contribution in [0, 0.1) is 11.3 Å². The summed E-state index contributed by atoms with van der Waals surface area (Å²) in [7, 11) is 1.32. The Morgan fingerprint density at radius 2 is 1.81 bits per heavy atom. The molecule has 164 valence electrons. The third-order valence-corrected chi connectivity index (χ3v) is 5.76. The highest BCUT2D eigenvalue weighted by atomic mass is 16.5. The lowest BCUT2D eigenvalue weighted by Crippen LogP contribution is -2.31. The summed E-state index contributed by atoms with van der Waals surface area (Å²) in [5, 5.41) is 12.5. The molecule has 7 nitrogen and oxygen atoms in total. The Kier molecular flexibility index (Phi) is 6.07. The van der Waals surface area contributed by atoms with Crippen LogP contribution in [-0.4, -0.2) is 37.5 Å². The van der Waals surface area contributed by atoms with E-state index in [1.165, 1.54) is 7.11 Å². The summed E-state index contributed by atoms with van der Waals surface area (Å²) in [5.74, 6) is -0.135. The first kappa shape index (κ1) is 21.4. The van der Waals surface area contributed by atoms with E-state index >= 15 is 0 Å². The second-order valence-electron chi connectivity index (χ2n) is 7.88. The highest BCUT2D eigenvalue weighted by molar-refractivity contribution is 6.01. The standard InChI is InChI=1S/C25H25N3O4/c1-31-23(29)13-17-12-18(28-25(17)30)14-32-22-11-10-19(20-4-2-3-5-21(20)22)15-6-8-16(9-7-15)24(26)27/h2-11,17-18H,12-14H2,1H3,(H3,26,27)(H,28,30)/t17-,18-/m0/s1. The van der Waals surface area contributed by atoms with Crippen molar-refractivity contribution in [3.8, 4) is 16.9 Å². The normalized spacial score (nSPS) is 17.7. The van der Waals surface area contributed by atoms with Gasteiger partial charge in [-0.2, -0.15) is 0 Å². The molecule has 0 saturated carbocycles. The Morgan fingerprint density at radius 1 is 1.09 bits per heavy atom. The Bertz CT molecular complexity index is 1170. The Labute approximate surface area is 186 Å². The zero-order valence-corrected chi connectivity index (χ0v) is 17.8. The molecule has 1 fully saturated rings. The van der Waals surface area contributed by atoms with E-state index in [0.29, 0.717) is 18.6 Å². The molecule has 0 spiro atoms. The van der Waals surface area contributed by atoms with Gasteiger partial charge in [0.2, 0.25) is 5.91 Å². The number of amidine groups is 1. The van der Waals surface area contributed by atoms with Crippen LogP contribution in [0.4, 0.5) is 0 Å². The third-order valence-electron chi connectivity index (χ3n) is 5.76. The van der Waals surface area contributed by atoms with E-state index in [2.05, 4.69) is 10.1 Å². The van der Waals surface area contributed by atoms with Gasteiger partial charge in [-0.3, -0.25) is 15.0 Å². The van der Waals surface area contributed by atoms with Crippen LogP contribution in [0.2, 0.25) is 0 Å². The summed E-state index contributed by atoms with van der Waals surface area (Å²) < 4.78 is 10.8. The van der Waals surface area contributed by atoms with Gasteiger partial charge in [0.25, 0.3) is 0 Å². The molecule has 4 rings (SSSR count). The van der Waals surface area contributed by atoms with E-state index in [9.17, 15) is 9.59 Å². The maximum Gasteiger partial charge on any atom is 0.306 e. The average Bonchev–Trinajstić information content (AvgIpc) is 3.16. The summed E-state index contributed by atoms with van der Waals surface area (Å²) in [6.45, 7) is 0.320. The number of nitrogens with one attached hydrogen (secondary N) is 2. The maximum absolute atomic E-state index is 12.1. The molecule has 1 amide bonds. The van der Waals surface area contributed by atoms with Crippen LogP contribution < -0.4 is 15.8 Å². The van der Waals surface area contributed by atoms with Gasteiger partial charge in [-0.1, -0.05) is 54.6 Å². The van der Waals surface area contributed by atoms with Gasteiger partial charge in [0, 0.05) is 10.9 Å². The van der Waals surface area contributed by atoms with Gasteiger partial charge in [-0.05, 0) is 29.0 Å². The summed E-state index contributed by atoms with van der Waals surface area (Å²) in [5.41, 5.74) is 8.32. The fraction of sp³-hybridized carbons (Fsp3) is 0.240. The second kappa shape index (κ2) is 9.09. The highest BCUT2D eigenvalue weighted by Crippen LogP contribution is 2.35. The zero-order chi connectivity index (χ0) is 22.7. The van der Waals surface area contributed by atoms with Gasteiger partial charge in [0.1, 0.15) is 18.2 Å². The number of carbonyl (C=O) groups excluding carboxylic acids is 2. The number of rotatable bonds is 7. The highest BCUT2D eigenvalue weighted by Gasteiger charge is 2.34. The van der Waals surface area contributed by atoms with Gasteiger partial charge in [0.15, 0.2) is 0 Å². The number of fused-ring (bicyclic) bond motifs is 1. The van der Waals surface area contributed by atoms with Crippen molar-refractivity contribution in [3.63, 3.8) is 0 Å². The molecule has 0 aromatic heterocycles. The number of benzene rings is 3. The Hall–Kier alpha value is -3.87. The van der Waals surface area contributed by atoms with Gasteiger partial charge in [-0.25, -0.2) is 0 Å². The molecule has 7 heteroatoms. The van der Waals surface area contributed by atoms with E-state index in [0.717, 1.165) is 27.6 Å². The van der Waals surface area contributed by atoms with Gasteiger partial charge in [-0.15, -0.1) is 0 Å². The van der Waals surface area contributed by atoms with Crippen molar-refractivity contribution in [2.75, 3.05) is 13.7 Å². The van der Waals surface area contributed by atoms with Gasteiger partial charge < -0.3 is 20.5 Å². The molecule has 1 saturated heterocycles. The molecular formula is C25H25N3O4. The monoisotopic (exact) mass is 431 g/mol. The van der Waals surface area contributed by atoms with Crippen molar-refractivity contribution in [3.05, 3.63) is 66.2 Å². The van der Waals surface area contributed by atoms with Crippen LogP contribution >= 0.6 is 0 Å². The van der Waals surface area contributed by atoms with E-state index in [-0.39, 0.29) is 36.1 Å². The van der Waals surface area contributed by atoms with Crippen LogP contribution in [-0.2, 0) is 14.3 Å². The molecule has 2 atom stereocenters. The molecular weight excluding hydrogens is 406 g/mol. The first-order valence-corrected chi connectivity index (χ1v) is 10.4. The molecule has 1 aliphatic heterocycles. The fourth-order valence-electron chi connectivity index (χ4n) is 4.07. The topological polar surface area (TPSA) is 114 Å².